The van der Waals surface area contributed by atoms with Crippen molar-refractivity contribution in [2.24, 2.45) is 0 Å². The van der Waals surface area contributed by atoms with Crippen LogP contribution in [0.15, 0.2) is 0 Å². The maximum Gasteiger partial charge on any atom is 0.0917 e. The normalized spacial score (nSPS) is 36.5. The van der Waals surface area contributed by atoms with Crippen LogP contribution in [0.4, 0.5) is 0 Å². The van der Waals surface area contributed by atoms with E-state index in [1.807, 2.05) is 0 Å². The number of unbranched alkanes of at least 4 members (excludes halogenated alkanes) is 7. The summed E-state index contributed by atoms with van der Waals surface area (Å²) in [6.07, 6.45) is 16.2. The lowest BCUT2D eigenvalue weighted by Crippen LogP contribution is -2.58. The zero-order chi connectivity index (χ0) is 14.4. The van der Waals surface area contributed by atoms with Gasteiger partial charge in [0.05, 0.1) is 31.8 Å². The van der Waals surface area contributed by atoms with Crippen LogP contribution in [-0.2, 0) is 0 Å². The van der Waals surface area contributed by atoms with Crippen LogP contribution in [0.25, 0.3) is 0 Å². The highest BCUT2D eigenvalue weighted by Gasteiger charge is 2.50. The van der Waals surface area contributed by atoms with Gasteiger partial charge in [-0.25, -0.2) is 0 Å². The fraction of sp³-hybridized carbons (Fsp3) is 1.00. The van der Waals surface area contributed by atoms with Gasteiger partial charge in [0.15, 0.2) is 0 Å². The van der Waals surface area contributed by atoms with E-state index in [1.165, 1.54) is 75.2 Å². The third kappa shape index (κ3) is 3.98. The second-order valence-electron chi connectivity index (χ2n) is 7.56. The smallest absolute Gasteiger partial charge is 0.0917 e. The van der Waals surface area contributed by atoms with Crippen molar-refractivity contribution in [3.63, 3.8) is 0 Å². The van der Waals surface area contributed by atoms with Gasteiger partial charge in [-0.15, -0.1) is 0 Å². The maximum absolute atomic E-state index is 9.92. The topological polar surface area (TPSA) is 20.2 Å². The molecule has 0 spiro atoms. The van der Waals surface area contributed by atoms with Crippen molar-refractivity contribution in [3.8, 4) is 0 Å². The number of quaternary nitrogens is 1. The number of piperidine rings is 1. The molecule has 0 saturated carbocycles. The molecule has 2 aliphatic rings. The predicted octanol–water partition coefficient (Wildman–Crippen LogP) is 4.26. The van der Waals surface area contributed by atoms with Gasteiger partial charge < -0.3 is 9.59 Å². The molecule has 0 radical (unpaired) electrons. The first-order valence-corrected chi connectivity index (χ1v) is 9.19. The van der Waals surface area contributed by atoms with Crippen molar-refractivity contribution >= 4 is 0 Å². The molecule has 1 N–H and O–H groups in total. The van der Waals surface area contributed by atoms with Crippen molar-refractivity contribution in [1.29, 1.82) is 0 Å². The van der Waals surface area contributed by atoms with E-state index in [0.29, 0.717) is 0 Å². The fourth-order valence-corrected chi connectivity index (χ4v) is 4.67. The molecule has 0 aliphatic carbocycles. The van der Waals surface area contributed by atoms with Gasteiger partial charge >= 0.3 is 0 Å². The summed E-state index contributed by atoms with van der Waals surface area (Å²) in [6, 6.07) is 1.52. The Morgan fingerprint density at radius 2 is 1.35 bits per heavy atom. The molecule has 2 unspecified atom stereocenters. The van der Waals surface area contributed by atoms with Crippen LogP contribution in [-0.4, -0.2) is 41.4 Å². The molecule has 0 aromatic heterocycles. The van der Waals surface area contributed by atoms with E-state index >= 15 is 0 Å². The highest BCUT2D eigenvalue weighted by molar-refractivity contribution is 4.85. The van der Waals surface area contributed by atoms with Gasteiger partial charge in [-0.2, -0.15) is 0 Å². The number of rotatable bonds is 9. The first kappa shape index (κ1) is 16.3. The lowest BCUT2D eigenvalue weighted by molar-refractivity contribution is -0.949. The van der Waals surface area contributed by atoms with Crippen molar-refractivity contribution in [1.82, 2.24) is 0 Å². The summed E-state index contributed by atoms with van der Waals surface area (Å²) < 4.78 is 1.28. The van der Waals surface area contributed by atoms with E-state index in [2.05, 4.69) is 14.0 Å². The number of aliphatic hydroxyl groups excluding tert-OH is 1. The Morgan fingerprint density at radius 3 is 1.90 bits per heavy atom. The van der Waals surface area contributed by atoms with Crippen molar-refractivity contribution in [3.05, 3.63) is 0 Å². The third-order valence-electron chi connectivity index (χ3n) is 6.08. The summed E-state index contributed by atoms with van der Waals surface area (Å²) in [5, 5.41) is 9.92. The molecule has 2 aliphatic heterocycles. The zero-order valence-corrected chi connectivity index (χ0v) is 13.8. The van der Waals surface area contributed by atoms with Gasteiger partial charge in [0.2, 0.25) is 0 Å². The standard InChI is InChI=1S/C18H36NO/c1-3-4-5-6-7-8-9-10-13-19(2)16-11-12-17(19)15-18(20)14-16/h16-18,20H,3-15H2,1-2H3/q+1. The highest BCUT2D eigenvalue weighted by atomic mass is 16.3. The van der Waals surface area contributed by atoms with Crippen LogP contribution in [0.3, 0.4) is 0 Å². The molecule has 0 amide bonds. The van der Waals surface area contributed by atoms with Gasteiger partial charge in [-0.05, 0) is 12.8 Å². The average molecular weight is 282 g/mol. The Labute approximate surface area is 126 Å². The lowest BCUT2D eigenvalue weighted by Gasteiger charge is -2.46. The summed E-state index contributed by atoms with van der Waals surface area (Å²) in [6.45, 7) is 3.64. The van der Waals surface area contributed by atoms with Crippen LogP contribution in [0, 0.1) is 0 Å². The van der Waals surface area contributed by atoms with E-state index in [0.717, 1.165) is 24.9 Å². The van der Waals surface area contributed by atoms with Gasteiger partial charge in [0.25, 0.3) is 0 Å². The van der Waals surface area contributed by atoms with Crippen LogP contribution in [0.1, 0.15) is 84.0 Å². The summed E-state index contributed by atoms with van der Waals surface area (Å²) in [5.74, 6) is 0. The minimum atomic E-state index is -0.00253. The maximum atomic E-state index is 9.92. The molecule has 20 heavy (non-hydrogen) atoms. The number of hydrogen-bond donors (Lipinski definition) is 1. The molecule has 2 heterocycles. The predicted molar refractivity (Wildman–Crippen MR) is 85.7 cm³/mol. The fourth-order valence-electron chi connectivity index (χ4n) is 4.67. The van der Waals surface area contributed by atoms with E-state index in [4.69, 9.17) is 0 Å². The van der Waals surface area contributed by atoms with Crippen LogP contribution in [0.2, 0.25) is 0 Å². The van der Waals surface area contributed by atoms with E-state index in [-0.39, 0.29) is 6.10 Å². The van der Waals surface area contributed by atoms with Crippen molar-refractivity contribution < 1.29 is 9.59 Å². The molecular weight excluding hydrogens is 246 g/mol. The summed E-state index contributed by atoms with van der Waals surface area (Å²) in [5.41, 5.74) is 0. The molecule has 0 aromatic rings. The summed E-state index contributed by atoms with van der Waals surface area (Å²) >= 11 is 0. The molecule has 2 fully saturated rings. The monoisotopic (exact) mass is 282 g/mol. The third-order valence-corrected chi connectivity index (χ3v) is 6.08. The Morgan fingerprint density at radius 1 is 0.850 bits per heavy atom. The largest absolute Gasteiger partial charge is 0.393 e. The molecule has 2 heteroatoms. The van der Waals surface area contributed by atoms with Crippen molar-refractivity contribution in [2.75, 3.05) is 13.6 Å². The van der Waals surface area contributed by atoms with E-state index < -0.39 is 0 Å². The van der Waals surface area contributed by atoms with Gasteiger partial charge in [-0.3, -0.25) is 0 Å². The molecule has 2 nitrogen and oxygen atoms in total. The van der Waals surface area contributed by atoms with Gasteiger partial charge in [-0.1, -0.05) is 45.4 Å². The molecule has 0 aromatic carbocycles. The first-order chi connectivity index (χ1) is 9.66. The Bertz CT molecular complexity index is 265. The Balaban J connectivity index is 1.60. The zero-order valence-electron chi connectivity index (χ0n) is 13.8. The average Bonchev–Trinajstić information content (AvgIpc) is 2.62. The Hall–Kier alpha value is -0.0800. The molecule has 2 rings (SSSR count). The van der Waals surface area contributed by atoms with E-state index in [1.54, 1.807) is 0 Å². The first-order valence-electron chi connectivity index (χ1n) is 9.19. The second kappa shape index (κ2) is 7.79. The SMILES string of the molecule is CCCCCCCCCC[N+]1(C)C2CCC1CC(O)C2. The molecule has 2 bridgehead atoms. The van der Waals surface area contributed by atoms with Gasteiger partial charge in [0, 0.05) is 25.7 Å². The van der Waals surface area contributed by atoms with Crippen LogP contribution in [0.5, 0.6) is 0 Å². The summed E-state index contributed by atoms with van der Waals surface area (Å²) in [4.78, 5) is 0. The minimum absolute atomic E-state index is 0.00253. The molecular formula is C18H36NO+. The quantitative estimate of drug-likeness (QED) is 0.495. The number of aliphatic hydroxyl groups is 1. The number of hydrogen-bond acceptors (Lipinski definition) is 1. The number of fused-ring (bicyclic) bond motifs is 2. The molecule has 2 atom stereocenters. The minimum Gasteiger partial charge on any atom is -0.393 e. The Kier molecular flexibility index (Phi) is 6.35. The highest BCUT2D eigenvalue weighted by Crippen LogP contribution is 2.41. The second-order valence-corrected chi connectivity index (χ2v) is 7.56. The molecule has 118 valence electrons. The summed E-state index contributed by atoms with van der Waals surface area (Å²) in [7, 11) is 2.47. The van der Waals surface area contributed by atoms with E-state index in [9.17, 15) is 5.11 Å². The lowest BCUT2D eigenvalue weighted by atomic mass is 9.96. The van der Waals surface area contributed by atoms with Crippen molar-refractivity contribution in [2.45, 2.75) is 102 Å². The molecule has 2 saturated heterocycles. The number of nitrogens with zero attached hydrogens (tertiary/aromatic N) is 1. The van der Waals surface area contributed by atoms with Crippen LogP contribution < -0.4 is 0 Å². The van der Waals surface area contributed by atoms with Gasteiger partial charge in [0.1, 0.15) is 0 Å². The van der Waals surface area contributed by atoms with Crippen LogP contribution >= 0.6 is 0 Å².